The molecule has 0 spiro atoms. The lowest BCUT2D eigenvalue weighted by Crippen LogP contribution is -2.02. The van der Waals surface area contributed by atoms with Crippen LogP contribution in [0.5, 0.6) is 0 Å². The molecule has 6 heteroatoms. The van der Waals surface area contributed by atoms with E-state index < -0.39 is 4.92 Å². The molecule has 0 aliphatic carbocycles. The fraction of sp³-hybridized carbons (Fsp3) is 0.143. The zero-order valence-electron chi connectivity index (χ0n) is 10.7. The normalized spacial score (nSPS) is 10.3. The van der Waals surface area contributed by atoms with Crippen molar-refractivity contribution in [3.8, 4) is 0 Å². The molecule has 1 N–H and O–H groups in total. The number of rotatable bonds is 4. The topological polar surface area (TPSA) is 55.2 Å². The maximum absolute atomic E-state index is 10.7. The van der Waals surface area contributed by atoms with Gasteiger partial charge in [0.2, 0.25) is 0 Å². The molecule has 0 bridgehead atoms. The number of anilines is 1. The average Bonchev–Trinajstić information content (AvgIpc) is 2.41. The maximum atomic E-state index is 10.7. The van der Waals surface area contributed by atoms with Gasteiger partial charge in [-0.3, -0.25) is 10.1 Å². The second-order valence-corrected chi connectivity index (χ2v) is 6.01. The van der Waals surface area contributed by atoms with Crippen LogP contribution in [0.15, 0.2) is 45.3 Å². The summed E-state index contributed by atoms with van der Waals surface area (Å²) in [6, 6.07) is 10.7. The van der Waals surface area contributed by atoms with Gasteiger partial charge in [-0.15, -0.1) is 0 Å². The number of halogens is 2. The molecule has 0 unspecified atom stereocenters. The van der Waals surface area contributed by atoms with Crippen LogP contribution in [0.25, 0.3) is 0 Å². The summed E-state index contributed by atoms with van der Waals surface area (Å²) in [6.45, 7) is 2.62. The molecule has 2 aromatic carbocycles. The summed E-state index contributed by atoms with van der Waals surface area (Å²) in [5.74, 6) is 0. The van der Waals surface area contributed by atoms with Gasteiger partial charge in [-0.1, -0.05) is 37.9 Å². The van der Waals surface area contributed by atoms with E-state index in [0.29, 0.717) is 6.54 Å². The number of benzene rings is 2. The van der Waals surface area contributed by atoms with E-state index in [-0.39, 0.29) is 5.69 Å². The van der Waals surface area contributed by atoms with Crippen LogP contribution in [0.1, 0.15) is 11.1 Å². The summed E-state index contributed by atoms with van der Waals surface area (Å²) >= 11 is 6.86. The SMILES string of the molecule is Cc1c(Br)cccc1NCc1ccc([N+](=O)[O-])cc1Br. The standard InChI is InChI=1S/C14H12Br2N2O2/c1-9-12(15)3-2-4-14(9)17-8-10-5-6-11(18(19)20)7-13(10)16/h2-7,17H,8H2,1H3. The van der Waals surface area contributed by atoms with E-state index in [1.54, 1.807) is 6.07 Å². The van der Waals surface area contributed by atoms with E-state index in [9.17, 15) is 10.1 Å². The van der Waals surface area contributed by atoms with Gasteiger partial charge < -0.3 is 5.32 Å². The highest BCUT2D eigenvalue weighted by molar-refractivity contribution is 9.10. The predicted molar refractivity (Wildman–Crippen MR) is 87.0 cm³/mol. The number of nitrogens with zero attached hydrogens (tertiary/aromatic N) is 1. The van der Waals surface area contributed by atoms with Crippen molar-refractivity contribution >= 4 is 43.2 Å². The van der Waals surface area contributed by atoms with Gasteiger partial charge in [0.05, 0.1) is 4.92 Å². The molecule has 2 aromatic rings. The van der Waals surface area contributed by atoms with Gasteiger partial charge in [-0.2, -0.15) is 0 Å². The first-order chi connectivity index (χ1) is 9.49. The molecule has 0 saturated heterocycles. The van der Waals surface area contributed by atoms with Crippen molar-refractivity contribution in [1.82, 2.24) is 0 Å². The molecular formula is C14H12Br2N2O2. The largest absolute Gasteiger partial charge is 0.381 e. The van der Waals surface area contributed by atoms with Crippen LogP contribution in [0, 0.1) is 17.0 Å². The number of nitrogens with one attached hydrogen (secondary N) is 1. The summed E-state index contributed by atoms with van der Waals surface area (Å²) in [4.78, 5) is 10.3. The molecular weight excluding hydrogens is 388 g/mol. The average molecular weight is 400 g/mol. The van der Waals surface area contributed by atoms with E-state index >= 15 is 0 Å². The lowest BCUT2D eigenvalue weighted by Gasteiger charge is -2.11. The van der Waals surface area contributed by atoms with Crippen LogP contribution < -0.4 is 5.32 Å². The molecule has 0 aliphatic heterocycles. The minimum absolute atomic E-state index is 0.0826. The smallest absolute Gasteiger partial charge is 0.270 e. The number of hydrogen-bond acceptors (Lipinski definition) is 3. The van der Waals surface area contributed by atoms with Gasteiger partial charge >= 0.3 is 0 Å². The van der Waals surface area contributed by atoms with Crippen molar-refractivity contribution in [2.24, 2.45) is 0 Å². The Kier molecular flexibility index (Phi) is 4.77. The fourth-order valence-corrected chi connectivity index (χ4v) is 2.66. The van der Waals surface area contributed by atoms with Crippen LogP contribution in [0.4, 0.5) is 11.4 Å². The Hall–Kier alpha value is -1.40. The van der Waals surface area contributed by atoms with Gasteiger partial charge in [0, 0.05) is 33.3 Å². The third-order valence-electron chi connectivity index (χ3n) is 2.98. The first-order valence-electron chi connectivity index (χ1n) is 5.91. The quantitative estimate of drug-likeness (QED) is 0.578. The molecule has 104 valence electrons. The Balaban J connectivity index is 2.15. The molecule has 0 aliphatic rings. The van der Waals surface area contributed by atoms with Crippen LogP contribution in [-0.4, -0.2) is 4.92 Å². The monoisotopic (exact) mass is 398 g/mol. The molecule has 0 atom stereocenters. The van der Waals surface area contributed by atoms with E-state index in [2.05, 4.69) is 37.2 Å². The third kappa shape index (κ3) is 3.37. The number of nitro groups is 1. The van der Waals surface area contributed by atoms with Crippen LogP contribution >= 0.6 is 31.9 Å². The van der Waals surface area contributed by atoms with Gasteiger partial charge in [0.25, 0.3) is 5.69 Å². The Morgan fingerprint density at radius 3 is 2.60 bits per heavy atom. The number of nitro benzene ring substituents is 1. The van der Waals surface area contributed by atoms with Gasteiger partial charge in [0.1, 0.15) is 0 Å². The Bertz CT molecular complexity index is 660. The minimum Gasteiger partial charge on any atom is -0.381 e. The molecule has 2 rings (SSSR count). The van der Waals surface area contributed by atoms with Crippen molar-refractivity contribution in [1.29, 1.82) is 0 Å². The van der Waals surface area contributed by atoms with Crippen molar-refractivity contribution in [3.05, 3.63) is 66.6 Å². The number of non-ortho nitro benzene ring substituents is 1. The fourth-order valence-electron chi connectivity index (χ4n) is 1.78. The van der Waals surface area contributed by atoms with Gasteiger partial charge in [-0.05, 0) is 36.2 Å². The van der Waals surface area contributed by atoms with E-state index in [1.807, 2.05) is 25.1 Å². The molecule has 0 saturated carbocycles. The molecule has 20 heavy (non-hydrogen) atoms. The van der Waals surface area contributed by atoms with E-state index in [0.717, 1.165) is 25.8 Å². The zero-order valence-corrected chi connectivity index (χ0v) is 13.9. The summed E-state index contributed by atoms with van der Waals surface area (Å²) in [6.07, 6.45) is 0. The summed E-state index contributed by atoms with van der Waals surface area (Å²) < 4.78 is 1.78. The third-order valence-corrected chi connectivity index (χ3v) is 4.58. The van der Waals surface area contributed by atoms with Crippen LogP contribution in [0.3, 0.4) is 0 Å². The first-order valence-corrected chi connectivity index (χ1v) is 7.49. The van der Waals surface area contributed by atoms with Gasteiger partial charge in [-0.25, -0.2) is 0 Å². The predicted octanol–water partition coefficient (Wildman–Crippen LogP) is 5.04. The van der Waals surface area contributed by atoms with E-state index in [4.69, 9.17) is 0 Å². The minimum atomic E-state index is -0.402. The van der Waals surface area contributed by atoms with Crippen molar-refractivity contribution < 1.29 is 4.92 Å². The first kappa shape index (κ1) is 15.0. The molecule has 0 aromatic heterocycles. The summed E-state index contributed by atoms with van der Waals surface area (Å²) in [5, 5.41) is 14.0. The lowest BCUT2D eigenvalue weighted by molar-refractivity contribution is -0.384. The Morgan fingerprint density at radius 1 is 1.20 bits per heavy atom. The molecule has 0 heterocycles. The highest BCUT2D eigenvalue weighted by atomic mass is 79.9. The molecule has 0 radical (unpaired) electrons. The summed E-state index contributed by atoms with van der Waals surface area (Å²) in [7, 11) is 0. The van der Waals surface area contributed by atoms with Crippen molar-refractivity contribution in [3.63, 3.8) is 0 Å². The van der Waals surface area contributed by atoms with Crippen molar-refractivity contribution in [2.75, 3.05) is 5.32 Å². The highest BCUT2D eigenvalue weighted by Crippen LogP contribution is 2.26. The second-order valence-electron chi connectivity index (χ2n) is 4.30. The Labute approximate surface area is 133 Å². The molecule has 4 nitrogen and oxygen atoms in total. The lowest BCUT2D eigenvalue weighted by atomic mass is 10.1. The van der Waals surface area contributed by atoms with Crippen molar-refractivity contribution in [2.45, 2.75) is 13.5 Å². The van der Waals surface area contributed by atoms with Crippen LogP contribution in [-0.2, 0) is 6.54 Å². The maximum Gasteiger partial charge on any atom is 0.270 e. The van der Waals surface area contributed by atoms with E-state index in [1.165, 1.54) is 12.1 Å². The highest BCUT2D eigenvalue weighted by Gasteiger charge is 2.09. The molecule has 0 amide bonds. The Morgan fingerprint density at radius 2 is 1.95 bits per heavy atom. The second kappa shape index (κ2) is 6.37. The molecule has 0 fully saturated rings. The van der Waals surface area contributed by atoms with Crippen LogP contribution in [0.2, 0.25) is 0 Å². The number of hydrogen-bond donors (Lipinski definition) is 1. The summed E-state index contributed by atoms with van der Waals surface area (Å²) in [5.41, 5.74) is 3.21. The zero-order chi connectivity index (χ0) is 14.7. The van der Waals surface area contributed by atoms with Gasteiger partial charge in [0.15, 0.2) is 0 Å².